The third kappa shape index (κ3) is 2.58. The first-order valence-corrected chi connectivity index (χ1v) is 6.46. The van der Waals surface area contributed by atoms with E-state index in [-0.39, 0.29) is 0 Å². The van der Waals surface area contributed by atoms with Crippen molar-refractivity contribution in [1.82, 2.24) is 14.8 Å². The molecule has 0 saturated heterocycles. The van der Waals surface area contributed by atoms with Crippen molar-refractivity contribution in [3.8, 4) is 0 Å². The Morgan fingerprint density at radius 2 is 2.29 bits per heavy atom. The predicted molar refractivity (Wildman–Crippen MR) is 71.8 cm³/mol. The van der Waals surface area contributed by atoms with Crippen molar-refractivity contribution < 1.29 is 0 Å². The Labute approximate surface area is 105 Å². The van der Waals surface area contributed by atoms with Crippen molar-refractivity contribution in [3.05, 3.63) is 22.4 Å². The lowest BCUT2D eigenvalue weighted by Gasteiger charge is -2.17. The molecule has 1 N–H and O–H groups in total. The van der Waals surface area contributed by atoms with Gasteiger partial charge in [-0.15, -0.1) is 10.2 Å². The second-order valence-electron chi connectivity index (χ2n) is 3.94. The Kier molecular flexibility index (Phi) is 3.63. The summed E-state index contributed by atoms with van der Waals surface area (Å²) in [5.74, 6) is 1.66. The fourth-order valence-corrected chi connectivity index (χ4v) is 2.41. The minimum atomic E-state index is 0.780. The SMILES string of the molecule is CNc1nnc(N(C)CCc2ccsc2)n1C. The first kappa shape index (κ1) is 11.9. The van der Waals surface area contributed by atoms with E-state index in [9.17, 15) is 0 Å². The number of nitrogens with zero attached hydrogens (tertiary/aromatic N) is 4. The lowest BCUT2D eigenvalue weighted by atomic mass is 10.2. The molecule has 6 heteroatoms. The second kappa shape index (κ2) is 5.18. The molecule has 92 valence electrons. The number of likely N-dealkylation sites (N-methyl/N-ethyl adjacent to an activating group) is 1. The summed E-state index contributed by atoms with van der Waals surface area (Å²) in [6.07, 6.45) is 1.03. The van der Waals surface area contributed by atoms with Crippen molar-refractivity contribution in [2.45, 2.75) is 6.42 Å². The van der Waals surface area contributed by atoms with Gasteiger partial charge in [0.1, 0.15) is 0 Å². The minimum absolute atomic E-state index is 0.780. The van der Waals surface area contributed by atoms with Gasteiger partial charge >= 0.3 is 0 Å². The van der Waals surface area contributed by atoms with Crippen molar-refractivity contribution in [2.75, 3.05) is 30.9 Å². The van der Waals surface area contributed by atoms with E-state index in [1.807, 2.05) is 25.7 Å². The highest BCUT2D eigenvalue weighted by Gasteiger charge is 2.11. The summed E-state index contributed by atoms with van der Waals surface area (Å²) in [6, 6.07) is 2.16. The van der Waals surface area contributed by atoms with Gasteiger partial charge in [-0.25, -0.2) is 0 Å². The van der Waals surface area contributed by atoms with Gasteiger partial charge in [0, 0.05) is 27.7 Å². The third-order valence-corrected chi connectivity index (χ3v) is 3.46. The summed E-state index contributed by atoms with van der Waals surface area (Å²) >= 11 is 1.74. The van der Waals surface area contributed by atoms with Crippen LogP contribution < -0.4 is 10.2 Å². The van der Waals surface area contributed by atoms with E-state index in [0.29, 0.717) is 0 Å². The molecule has 0 spiro atoms. The Bertz CT molecular complexity index is 462. The van der Waals surface area contributed by atoms with E-state index in [4.69, 9.17) is 0 Å². The van der Waals surface area contributed by atoms with E-state index in [1.165, 1.54) is 5.56 Å². The Balaban J connectivity index is 1.99. The summed E-state index contributed by atoms with van der Waals surface area (Å²) in [5.41, 5.74) is 1.37. The van der Waals surface area contributed by atoms with Gasteiger partial charge in [-0.05, 0) is 28.8 Å². The second-order valence-corrected chi connectivity index (χ2v) is 4.72. The highest BCUT2D eigenvalue weighted by atomic mass is 32.1. The zero-order valence-electron chi connectivity index (χ0n) is 10.3. The van der Waals surface area contributed by atoms with Gasteiger partial charge in [-0.3, -0.25) is 4.57 Å². The fourth-order valence-electron chi connectivity index (χ4n) is 1.70. The summed E-state index contributed by atoms with van der Waals surface area (Å²) in [4.78, 5) is 2.12. The van der Waals surface area contributed by atoms with Gasteiger partial charge in [0.2, 0.25) is 11.9 Å². The number of anilines is 2. The molecule has 0 fully saturated rings. The van der Waals surface area contributed by atoms with E-state index in [0.717, 1.165) is 24.9 Å². The molecule has 0 aliphatic heterocycles. The van der Waals surface area contributed by atoms with Crippen LogP contribution in [0, 0.1) is 0 Å². The van der Waals surface area contributed by atoms with Crippen molar-refractivity contribution >= 4 is 23.2 Å². The van der Waals surface area contributed by atoms with Crippen LogP contribution in [0.2, 0.25) is 0 Å². The molecule has 0 aliphatic carbocycles. The highest BCUT2D eigenvalue weighted by Crippen LogP contribution is 2.14. The van der Waals surface area contributed by atoms with Crippen LogP contribution in [0.4, 0.5) is 11.9 Å². The van der Waals surface area contributed by atoms with E-state index >= 15 is 0 Å². The number of thiophene rings is 1. The van der Waals surface area contributed by atoms with Crippen LogP contribution in [0.15, 0.2) is 16.8 Å². The van der Waals surface area contributed by atoms with Crippen molar-refractivity contribution in [1.29, 1.82) is 0 Å². The van der Waals surface area contributed by atoms with Crippen molar-refractivity contribution in [2.24, 2.45) is 7.05 Å². The zero-order valence-corrected chi connectivity index (χ0v) is 11.2. The van der Waals surface area contributed by atoms with Gasteiger partial charge in [0.15, 0.2) is 0 Å². The fraction of sp³-hybridized carbons (Fsp3) is 0.455. The zero-order chi connectivity index (χ0) is 12.3. The van der Waals surface area contributed by atoms with Crippen LogP contribution in [0.3, 0.4) is 0 Å². The quantitative estimate of drug-likeness (QED) is 0.876. The summed E-state index contributed by atoms with van der Waals surface area (Å²) in [7, 11) is 5.84. The van der Waals surface area contributed by atoms with Crippen LogP contribution in [0.5, 0.6) is 0 Å². The molecule has 0 atom stereocenters. The molecular formula is C11H17N5S. The largest absolute Gasteiger partial charge is 0.357 e. The monoisotopic (exact) mass is 251 g/mol. The number of hydrogen-bond acceptors (Lipinski definition) is 5. The van der Waals surface area contributed by atoms with Gasteiger partial charge < -0.3 is 10.2 Å². The summed E-state index contributed by atoms with van der Waals surface area (Å²) in [6.45, 7) is 0.937. The molecule has 0 saturated carbocycles. The van der Waals surface area contributed by atoms with Crippen LogP contribution in [-0.4, -0.2) is 35.4 Å². The van der Waals surface area contributed by atoms with Crippen LogP contribution >= 0.6 is 11.3 Å². The number of hydrogen-bond donors (Lipinski definition) is 1. The van der Waals surface area contributed by atoms with E-state index < -0.39 is 0 Å². The average molecular weight is 251 g/mol. The molecule has 0 aliphatic rings. The molecule has 2 aromatic heterocycles. The van der Waals surface area contributed by atoms with Crippen molar-refractivity contribution in [3.63, 3.8) is 0 Å². The number of aromatic nitrogens is 3. The molecule has 2 aromatic rings. The van der Waals surface area contributed by atoms with E-state index in [2.05, 4.69) is 37.2 Å². The molecule has 17 heavy (non-hydrogen) atoms. The topological polar surface area (TPSA) is 46.0 Å². The van der Waals surface area contributed by atoms with Gasteiger partial charge in [-0.2, -0.15) is 11.3 Å². The highest BCUT2D eigenvalue weighted by molar-refractivity contribution is 7.07. The third-order valence-electron chi connectivity index (χ3n) is 2.73. The maximum absolute atomic E-state index is 4.17. The Morgan fingerprint density at radius 1 is 1.47 bits per heavy atom. The lowest BCUT2D eigenvalue weighted by Crippen LogP contribution is -2.23. The summed E-state index contributed by atoms with van der Waals surface area (Å²) in [5, 5.41) is 15.5. The van der Waals surface area contributed by atoms with Gasteiger partial charge in [-0.1, -0.05) is 0 Å². The molecule has 5 nitrogen and oxygen atoms in total. The molecule has 0 radical (unpaired) electrons. The lowest BCUT2D eigenvalue weighted by molar-refractivity contribution is 0.795. The predicted octanol–water partition coefficient (Wildman–Crippen LogP) is 1.60. The molecule has 2 heterocycles. The van der Waals surface area contributed by atoms with Gasteiger partial charge in [0.05, 0.1) is 0 Å². The normalized spacial score (nSPS) is 10.5. The average Bonchev–Trinajstić information content (AvgIpc) is 2.95. The maximum Gasteiger partial charge on any atom is 0.228 e. The van der Waals surface area contributed by atoms with Gasteiger partial charge in [0.25, 0.3) is 0 Å². The van der Waals surface area contributed by atoms with Crippen LogP contribution in [-0.2, 0) is 13.5 Å². The smallest absolute Gasteiger partial charge is 0.228 e. The molecule has 0 aromatic carbocycles. The number of nitrogens with one attached hydrogen (secondary N) is 1. The molecule has 0 bridgehead atoms. The van der Waals surface area contributed by atoms with Crippen LogP contribution in [0.1, 0.15) is 5.56 Å². The number of rotatable bonds is 5. The Morgan fingerprint density at radius 3 is 2.88 bits per heavy atom. The molecule has 0 amide bonds. The molecular weight excluding hydrogens is 234 g/mol. The maximum atomic E-state index is 4.17. The first-order valence-electron chi connectivity index (χ1n) is 5.51. The molecule has 0 unspecified atom stereocenters. The minimum Gasteiger partial charge on any atom is -0.357 e. The Hall–Kier alpha value is -1.56. The first-order chi connectivity index (χ1) is 8.22. The van der Waals surface area contributed by atoms with Crippen LogP contribution in [0.25, 0.3) is 0 Å². The summed E-state index contributed by atoms with van der Waals surface area (Å²) < 4.78 is 1.95. The molecule has 2 rings (SSSR count). The standard InChI is InChI=1S/C11H17N5S/c1-12-10-13-14-11(16(10)3)15(2)6-4-9-5-7-17-8-9/h5,7-8H,4,6H2,1-3H3,(H,12,13). The van der Waals surface area contributed by atoms with E-state index in [1.54, 1.807) is 11.3 Å².